The highest BCUT2D eigenvalue weighted by Crippen LogP contribution is 2.10. The molecule has 43 heavy (non-hydrogen) atoms. The number of amides is 2. The summed E-state index contributed by atoms with van der Waals surface area (Å²) in [5.74, 6) is -3.98. The van der Waals surface area contributed by atoms with E-state index in [1.54, 1.807) is 0 Å². The lowest BCUT2D eigenvalue weighted by Crippen LogP contribution is -2.41. The zero-order chi connectivity index (χ0) is 32.6. The van der Waals surface area contributed by atoms with Crippen LogP contribution < -0.4 is 10.6 Å². The van der Waals surface area contributed by atoms with Crippen molar-refractivity contribution in [2.24, 2.45) is 0 Å². The van der Waals surface area contributed by atoms with E-state index < -0.39 is 41.8 Å². The predicted octanol–water partition coefficient (Wildman–Crippen LogP) is 6.40. The van der Waals surface area contributed by atoms with Gasteiger partial charge in [0.25, 0.3) is 11.8 Å². The van der Waals surface area contributed by atoms with Gasteiger partial charge in [0, 0.05) is 12.4 Å². The first-order valence-electron chi connectivity index (χ1n) is 13.7. The molecule has 0 saturated carbocycles. The van der Waals surface area contributed by atoms with Crippen LogP contribution in [0, 0.1) is 11.9 Å². The van der Waals surface area contributed by atoms with Crippen molar-refractivity contribution in [3.8, 4) is 0 Å². The summed E-state index contributed by atoms with van der Waals surface area (Å²) in [6.07, 6.45) is 8.99. The van der Waals surface area contributed by atoms with Crippen molar-refractivity contribution in [2.75, 3.05) is 16.9 Å². The molecule has 2 rings (SSSR count). The molecule has 2 aromatic heterocycles. The fourth-order valence-electron chi connectivity index (χ4n) is 3.58. The molecule has 14 heteroatoms. The van der Waals surface area contributed by atoms with Gasteiger partial charge < -0.3 is 15.4 Å². The number of nitrogens with one attached hydrogen (secondary N) is 2. The molecule has 2 aromatic rings. The van der Waals surface area contributed by atoms with Gasteiger partial charge in [0.1, 0.15) is 6.04 Å². The number of esters is 1. The number of ether oxygens (including phenoxy) is 1. The van der Waals surface area contributed by atoms with E-state index in [2.05, 4.69) is 47.9 Å². The molecule has 0 unspecified atom stereocenters. The Balaban J connectivity index is 0.000000751. The van der Waals surface area contributed by atoms with Crippen molar-refractivity contribution in [3.05, 3.63) is 59.7 Å². The van der Waals surface area contributed by atoms with Crippen molar-refractivity contribution in [1.82, 2.24) is 20.6 Å². The van der Waals surface area contributed by atoms with Crippen LogP contribution in [-0.4, -0.2) is 62.5 Å². The predicted molar refractivity (Wildman–Crippen MR) is 172 cm³/mol. The van der Waals surface area contributed by atoms with Crippen LogP contribution in [-0.2, 0) is 14.3 Å². The summed E-state index contributed by atoms with van der Waals surface area (Å²) >= 11 is 12.6. The Kier molecular flexibility index (Phi) is 23.5. The van der Waals surface area contributed by atoms with Gasteiger partial charge in [-0.2, -0.15) is 8.78 Å². The van der Waals surface area contributed by atoms with Crippen molar-refractivity contribution >= 4 is 69.4 Å². The van der Waals surface area contributed by atoms with E-state index >= 15 is 0 Å². The van der Waals surface area contributed by atoms with Crippen molar-refractivity contribution < 1.29 is 32.7 Å². The number of unbranched alkanes of at least 4 members (excludes halogenated alkanes) is 4. The van der Waals surface area contributed by atoms with E-state index in [1.807, 2.05) is 13.8 Å². The molecule has 0 aliphatic carbocycles. The lowest BCUT2D eigenvalue weighted by atomic mass is 10.0. The molecule has 2 heterocycles. The maximum absolute atomic E-state index is 13.4. The van der Waals surface area contributed by atoms with Gasteiger partial charge in [0.05, 0.1) is 34.0 Å². The third kappa shape index (κ3) is 16.8. The van der Waals surface area contributed by atoms with Crippen molar-refractivity contribution in [3.63, 3.8) is 0 Å². The minimum Gasteiger partial charge on any atom is -0.467 e. The lowest BCUT2D eigenvalue weighted by Gasteiger charge is -2.16. The molecule has 2 amide bonds. The number of alkyl halides is 3. The molecule has 2 atom stereocenters. The molecule has 0 aliphatic rings. The van der Waals surface area contributed by atoms with E-state index in [0.29, 0.717) is 16.7 Å². The summed E-state index contributed by atoms with van der Waals surface area (Å²) in [4.78, 5) is 54.0. The van der Waals surface area contributed by atoms with Crippen molar-refractivity contribution in [1.29, 1.82) is 0 Å². The zero-order valence-electron chi connectivity index (χ0n) is 24.5. The van der Waals surface area contributed by atoms with Crippen LogP contribution in [0.15, 0.2) is 36.7 Å². The normalized spacial score (nSPS) is 11.4. The zero-order valence-corrected chi connectivity index (χ0v) is 28.2. The molecular weight excluding hydrogens is 720 g/mol. The average Bonchev–Trinajstić information content (AvgIpc) is 3.00. The van der Waals surface area contributed by atoms with Crippen LogP contribution >= 0.6 is 45.8 Å². The quantitative estimate of drug-likeness (QED) is 0.0708. The first-order chi connectivity index (χ1) is 20.6. The number of nitrogens with zero attached hydrogens (tertiary/aromatic N) is 2. The average molecular weight is 759 g/mol. The summed E-state index contributed by atoms with van der Waals surface area (Å²) < 4.78 is 32.1. The summed E-state index contributed by atoms with van der Waals surface area (Å²) in [5.41, 5.74) is -0.354. The minimum absolute atomic E-state index is 0.171. The molecule has 0 saturated heterocycles. The number of aromatic nitrogens is 2. The number of ketones is 1. The van der Waals surface area contributed by atoms with Gasteiger partial charge in [0.2, 0.25) is 11.9 Å². The number of rotatable bonds is 15. The summed E-state index contributed by atoms with van der Waals surface area (Å²) in [6.45, 7) is 4.08. The molecule has 0 aliphatic heterocycles. The number of Topliss-reactive ketones (excluding diaryl/α,β-unsaturated/α-hetero) is 1. The van der Waals surface area contributed by atoms with E-state index in [0.717, 1.165) is 38.5 Å². The van der Waals surface area contributed by atoms with E-state index in [-0.39, 0.29) is 22.8 Å². The van der Waals surface area contributed by atoms with Gasteiger partial charge >= 0.3 is 5.97 Å². The van der Waals surface area contributed by atoms with Crippen LogP contribution in [0.1, 0.15) is 85.9 Å². The Labute approximate surface area is 275 Å². The number of carbonyl (C=O) groups is 4. The molecule has 0 fully saturated rings. The Hall–Kier alpha value is -2.45. The molecule has 240 valence electrons. The monoisotopic (exact) mass is 758 g/mol. The largest absolute Gasteiger partial charge is 0.467 e. The van der Waals surface area contributed by atoms with Crippen LogP contribution in [0.3, 0.4) is 0 Å². The number of halogens is 5. The number of carbonyl (C=O) groups excluding carboxylic acids is 4. The lowest BCUT2D eigenvalue weighted by molar-refractivity contribution is -0.143. The van der Waals surface area contributed by atoms with Crippen molar-refractivity contribution in [2.45, 2.75) is 77.3 Å². The van der Waals surface area contributed by atoms with E-state index in [9.17, 15) is 28.0 Å². The topological polar surface area (TPSA) is 127 Å². The van der Waals surface area contributed by atoms with Crippen LogP contribution in [0.25, 0.3) is 0 Å². The third-order valence-electron chi connectivity index (χ3n) is 5.82. The highest BCUT2D eigenvalue weighted by molar-refractivity contribution is 14.1. The third-order valence-corrected chi connectivity index (χ3v) is 6.08. The Bertz CT molecular complexity index is 1050. The highest BCUT2D eigenvalue weighted by atomic mass is 127. The van der Waals surface area contributed by atoms with Gasteiger partial charge in [-0.15, -0.1) is 23.2 Å². The van der Waals surface area contributed by atoms with Gasteiger partial charge in [0.15, 0.2) is 5.78 Å². The molecule has 9 nitrogen and oxygen atoms in total. The molecular formula is C29H39Cl2F2IN4O5. The highest BCUT2D eigenvalue weighted by Gasteiger charge is 2.24. The van der Waals surface area contributed by atoms with Gasteiger partial charge in [-0.05, 0) is 37.1 Å². The van der Waals surface area contributed by atoms with Crippen LogP contribution in [0.2, 0.25) is 0 Å². The maximum atomic E-state index is 13.4. The molecule has 0 radical (unpaired) electrons. The fourth-order valence-corrected chi connectivity index (χ4v) is 3.76. The first kappa shape index (κ1) is 40.5. The molecule has 0 bridgehead atoms. The standard InChI is InChI=1S/C14H18ClFN2O2.C14H19FN2O3.CH2ClI/c1-2-3-4-7-11(12(19)9-15)18-14(20)10-6-5-8-17-13(10)16;1-3-4-5-8-11(14(19)20-2)17-13(18)10-7-6-9-16-12(10)15;2-1-3/h5-6,8,11H,2-4,7,9H2,1H3,(H,18,20);6-7,9,11H,3-5,8H2,1-2H3,(H,17,18);1H2/t2*11-;/m00./s1. The summed E-state index contributed by atoms with van der Waals surface area (Å²) in [6, 6.07) is 4.13. The summed E-state index contributed by atoms with van der Waals surface area (Å²) in [5, 5.41) is 5.02. The Morgan fingerprint density at radius 3 is 1.63 bits per heavy atom. The molecule has 0 aromatic carbocycles. The number of hydrogen-bond donors (Lipinski definition) is 2. The number of hydrogen-bond acceptors (Lipinski definition) is 7. The second-order valence-corrected chi connectivity index (χ2v) is 11.2. The van der Waals surface area contributed by atoms with Crippen LogP contribution in [0.4, 0.5) is 8.78 Å². The Morgan fingerprint density at radius 1 is 0.837 bits per heavy atom. The first-order valence-corrected chi connectivity index (χ1v) is 16.3. The SMILES string of the molecule is CCCCC[C@H](NC(=O)c1cccnc1F)C(=O)CCl.CCCCC[C@H](NC(=O)c1cccnc1F)C(=O)OC.ClCI. The van der Waals surface area contributed by atoms with Crippen LogP contribution in [0.5, 0.6) is 0 Å². The van der Waals surface area contributed by atoms with E-state index in [4.69, 9.17) is 23.2 Å². The molecule has 0 spiro atoms. The second-order valence-electron chi connectivity index (χ2n) is 8.95. The summed E-state index contributed by atoms with van der Waals surface area (Å²) in [7, 11) is 1.26. The number of methoxy groups -OCH3 is 1. The second kappa shape index (κ2) is 24.9. The number of pyridine rings is 2. The minimum atomic E-state index is -0.859. The Morgan fingerprint density at radius 2 is 1.26 bits per heavy atom. The van der Waals surface area contributed by atoms with Gasteiger partial charge in [-0.1, -0.05) is 75.0 Å². The van der Waals surface area contributed by atoms with Gasteiger partial charge in [-0.3, -0.25) is 14.4 Å². The fraction of sp³-hybridized carbons (Fsp3) is 0.517. The molecule has 2 N–H and O–H groups in total. The van der Waals surface area contributed by atoms with E-state index in [1.165, 1.54) is 43.8 Å². The van der Waals surface area contributed by atoms with Gasteiger partial charge in [-0.25, -0.2) is 14.8 Å². The maximum Gasteiger partial charge on any atom is 0.328 e. The smallest absolute Gasteiger partial charge is 0.328 e.